The SMILES string of the molecule is C[C@@H](NCc1cc(Cl)cc(S(N)(=O)=O)c1)[C@H]1CCCOC1. The lowest BCUT2D eigenvalue weighted by atomic mass is 9.95. The van der Waals surface area contributed by atoms with Crippen LogP contribution >= 0.6 is 11.6 Å². The van der Waals surface area contributed by atoms with Crippen LogP contribution < -0.4 is 10.5 Å². The zero-order chi connectivity index (χ0) is 15.5. The largest absolute Gasteiger partial charge is 0.381 e. The molecule has 0 spiro atoms. The van der Waals surface area contributed by atoms with Crippen LogP contribution in [0.3, 0.4) is 0 Å². The fourth-order valence-corrected chi connectivity index (χ4v) is 3.42. The molecule has 1 aliphatic rings. The molecule has 21 heavy (non-hydrogen) atoms. The number of hydrogen-bond acceptors (Lipinski definition) is 4. The third-order valence-corrected chi connectivity index (χ3v) is 4.90. The van der Waals surface area contributed by atoms with Gasteiger partial charge in [0.25, 0.3) is 0 Å². The normalized spacial score (nSPS) is 21.2. The van der Waals surface area contributed by atoms with Crippen LogP contribution in [-0.4, -0.2) is 27.7 Å². The minimum absolute atomic E-state index is 0.0421. The second kappa shape index (κ2) is 7.07. The smallest absolute Gasteiger partial charge is 0.238 e. The maximum absolute atomic E-state index is 11.4. The summed E-state index contributed by atoms with van der Waals surface area (Å²) in [5, 5.41) is 8.91. The van der Waals surface area contributed by atoms with E-state index < -0.39 is 10.0 Å². The minimum Gasteiger partial charge on any atom is -0.381 e. The van der Waals surface area contributed by atoms with Crippen LogP contribution in [0.25, 0.3) is 0 Å². The quantitative estimate of drug-likeness (QED) is 0.862. The molecule has 0 aliphatic carbocycles. The lowest BCUT2D eigenvalue weighted by molar-refractivity contribution is 0.0417. The highest BCUT2D eigenvalue weighted by atomic mass is 35.5. The lowest BCUT2D eigenvalue weighted by Crippen LogP contribution is -2.37. The van der Waals surface area contributed by atoms with E-state index in [1.165, 1.54) is 6.07 Å². The number of ether oxygens (including phenoxy) is 1. The molecule has 1 aliphatic heterocycles. The van der Waals surface area contributed by atoms with Gasteiger partial charge < -0.3 is 10.1 Å². The fraction of sp³-hybridized carbons (Fsp3) is 0.571. The Bertz CT molecular complexity index is 586. The Kier molecular flexibility index (Phi) is 5.62. The molecule has 0 unspecified atom stereocenters. The van der Waals surface area contributed by atoms with Crippen LogP contribution in [0.5, 0.6) is 0 Å². The predicted octanol–water partition coefficient (Wildman–Crippen LogP) is 1.89. The second-order valence-corrected chi connectivity index (χ2v) is 7.48. The first-order chi connectivity index (χ1) is 9.86. The molecule has 5 nitrogen and oxygen atoms in total. The third kappa shape index (κ3) is 4.93. The van der Waals surface area contributed by atoms with Gasteiger partial charge in [0.1, 0.15) is 0 Å². The van der Waals surface area contributed by atoms with Crippen molar-refractivity contribution in [3.8, 4) is 0 Å². The van der Waals surface area contributed by atoms with Crippen molar-refractivity contribution in [2.45, 2.75) is 37.2 Å². The average Bonchev–Trinajstić information content (AvgIpc) is 2.44. The van der Waals surface area contributed by atoms with E-state index in [1.807, 2.05) is 0 Å². The minimum atomic E-state index is -3.74. The van der Waals surface area contributed by atoms with Gasteiger partial charge >= 0.3 is 0 Å². The molecule has 7 heteroatoms. The number of nitrogens with one attached hydrogen (secondary N) is 1. The molecule has 118 valence electrons. The predicted molar refractivity (Wildman–Crippen MR) is 82.7 cm³/mol. The van der Waals surface area contributed by atoms with E-state index in [2.05, 4.69) is 12.2 Å². The number of hydrogen-bond donors (Lipinski definition) is 2. The zero-order valence-electron chi connectivity index (χ0n) is 12.0. The Labute approximate surface area is 130 Å². The molecule has 0 amide bonds. The molecule has 0 saturated carbocycles. The van der Waals surface area contributed by atoms with Crippen molar-refractivity contribution in [1.29, 1.82) is 0 Å². The van der Waals surface area contributed by atoms with Gasteiger partial charge in [0.15, 0.2) is 0 Å². The highest BCUT2D eigenvalue weighted by Crippen LogP contribution is 2.20. The van der Waals surface area contributed by atoms with Crippen molar-refractivity contribution in [1.82, 2.24) is 5.32 Å². The van der Waals surface area contributed by atoms with Crippen molar-refractivity contribution in [3.05, 3.63) is 28.8 Å². The van der Waals surface area contributed by atoms with Gasteiger partial charge in [0.05, 0.1) is 11.5 Å². The van der Waals surface area contributed by atoms with E-state index in [-0.39, 0.29) is 4.90 Å². The van der Waals surface area contributed by atoms with E-state index >= 15 is 0 Å². The van der Waals surface area contributed by atoms with E-state index in [0.717, 1.165) is 31.6 Å². The summed E-state index contributed by atoms with van der Waals surface area (Å²) in [6, 6.07) is 4.95. The number of benzene rings is 1. The fourth-order valence-electron chi connectivity index (χ4n) is 2.49. The lowest BCUT2D eigenvalue weighted by Gasteiger charge is -2.28. The van der Waals surface area contributed by atoms with Gasteiger partial charge in [-0.05, 0) is 49.4 Å². The number of sulfonamides is 1. The summed E-state index contributed by atoms with van der Waals surface area (Å²) in [5.41, 5.74) is 0.801. The average molecular weight is 333 g/mol. The molecular weight excluding hydrogens is 312 g/mol. The van der Waals surface area contributed by atoms with E-state index in [9.17, 15) is 8.42 Å². The zero-order valence-corrected chi connectivity index (χ0v) is 13.6. The maximum atomic E-state index is 11.4. The van der Waals surface area contributed by atoms with Gasteiger partial charge in [-0.2, -0.15) is 0 Å². The summed E-state index contributed by atoms with van der Waals surface area (Å²) in [6.45, 7) is 4.27. The molecule has 1 heterocycles. The van der Waals surface area contributed by atoms with Gasteiger partial charge in [-0.3, -0.25) is 0 Å². The molecule has 2 rings (SSSR count). The van der Waals surface area contributed by atoms with E-state index in [0.29, 0.717) is 23.5 Å². The Hall–Kier alpha value is -0.660. The Morgan fingerprint density at radius 3 is 2.86 bits per heavy atom. The summed E-state index contributed by atoms with van der Waals surface area (Å²) in [4.78, 5) is 0.0421. The summed E-state index contributed by atoms with van der Waals surface area (Å²) >= 11 is 5.95. The van der Waals surface area contributed by atoms with Crippen molar-refractivity contribution in [2.24, 2.45) is 11.1 Å². The van der Waals surface area contributed by atoms with Crippen LogP contribution in [0.15, 0.2) is 23.1 Å². The first-order valence-corrected chi connectivity index (χ1v) is 8.92. The number of rotatable bonds is 5. The molecule has 1 aromatic carbocycles. The van der Waals surface area contributed by atoms with Crippen LogP contribution in [-0.2, 0) is 21.3 Å². The first-order valence-electron chi connectivity index (χ1n) is 6.99. The summed E-state index contributed by atoms with van der Waals surface area (Å²) in [5.74, 6) is 0.482. The Morgan fingerprint density at radius 2 is 2.24 bits per heavy atom. The molecular formula is C14H21ClN2O3S. The highest BCUT2D eigenvalue weighted by Gasteiger charge is 2.20. The van der Waals surface area contributed by atoms with Gasteiger partial charge in [0.2, 0.25) is 10.0 Å². The highest BCUT2D eigenvalue weighted by molar-refractivity contribution is 7.89. The van der Waals surface area contributed by atoms with E-state index in [4.69, 9.17) is 21.5 Å². The Morgan fingerprint density at radius 1 is 1.48 bits per heavy atom. The standard InChI is InChI=1S/C14H21ClN2O3S/c1-10(12-3-2-4-20-9-12)17-8-11-5-13(15)7-14(6-11)21(16,18)19/h5-7,10,12,17H,2-4,8-9H2,1H3,(H2,16,18,19)/t10-,12+/m1/s1. The van der Waals surface area contributed by atoms with Crippen LogP contribution in [0.4, 0.5) is 0 Å². The Balaban J connectivity index is 2.01. The molecule has 0 aromatic heterocycles. The summed E-state index contributed by atoms with van der Waals surface area (Å²) < 4.78 is 28.3. The molecule has 0 bridgehead atoms. The molecule has 1 fully saturated rings. The number of primary sulfonamides is 1. The second-order valence-electron chi connectivity index (χ2n) is 5.49. The molecule has 1 aromatic rings. The van der Waals surface area contributed by atoms with Crippen molar-refractivity contribution < 1.29 is 13.2 Å². The van der Waals surface area contributed by atoms with Crippen LogP contribution in [0, 0.1) is 5.92 Å². The first kappa shape index (κ1) is 16.7. The van der Waals surface area contributed by atoms with Crippen LogP contribution in [0.1, 0.15) is 25.3 Å². The van der Waals surface area contributed by atoms with E-state index in [1.54, 1.807) is 12.1 Å². The van der Waals surface area contributed by atoms with Crippen molar-refractivity contribution in [2.75, 3.05) is 13.2 Å². The number of halogens is 1. The number of nitrogens with two attached hydrogens (primary N) is 1. The van der Waals surface area contributed by atoms with Gasteiger partial charge in [-0.25, -0.2) is 13.6 Å². The summed E-state index contributed by atoms with van der Waals surface area (Å²) in [6.07, 6.45) is 2.23. The maximum Gasteiger partial charge on any atom is 0.238 e. The van der Waals surface area contributed by atoms with Gasteiger partial charge in [-0.1, -0.05) is 11.6 Å². The monoisotopic (exact) mass is 332 g/mol. The third-order valence-electron chi connectivity index (χ3n) is 3.79. The molecule has 1 saturated heterocycles. The molecule has 3 N–H and O–H groups in total. The van der Waals surface area contributed by atoms with Gasteiger partial charge in [-0.15, -0.1) is 0 Å². The van der Waals surface area contributed by atoms with Crippen molar-refractivity contribution in [3.63, 3.8) is 0 Å². The molecule has 2 atom stereocenters. The summed E-state index contributed by atoms with van der Waals surface area (Å²) in [7, 11) is -3.74. The topological polar surface area (TPSA) is 81.4 Å². The molecule has 0 radical (unpaired) electrons. The van der Waals surface area contributed by atoms with Crippen LogP contribution in [0.2, 0.25) is 5.02 Å². The van der Waals surface area contributed by atoms with Gasteiger partial charge in [0, 0.05) is 24.2 Å². The van der Waals surface area contributed by atoms with Crippen molar-refractivity contribution >= 4 is 21.6 Å².